The van der Waals surface area contributed by atoms with E-state index in [0.29, 0.717) is 22.4 Å². The summed E-state index contributed by atoms with van der Waals surface area (Å²) in [5, 5.41) is 0. The molecular formula is C27H21F3N2O3. The molecule has 0 saturated carbocycles. The first-order valence-corrected chi connectivity index (χ1v) is 10.8. The Balaban J connectivity index is 1.70. The number of carbonyl (C=O) groups excluding carboxylic acids is 1. The van der Waals surface area contributed by atoms with E-state index in [1.54, 1.807) is 48.5 Å². The van der Waals surface area contributed by atoms with Gasteiger partial charge in [0.1, 0.15) is 17.3 Å². The molecule has 1 heterocycles. The van der Waals surface area contributed by atoms with Gasteiger partial charge in [0.2, 0.25) is 0 Å². The van der Waals surface area contributed by atoms with Crippen LogP contribution in [0.3, 0.4) is 0 Å². The summed E-state index contributed by atoms with van der Waals surface area (Å²) >= 11 is 0. The number of Topliss-reactive ketones (excluding diaryl/α,β-unsaturated/α-hetero) is 1. The number of methoxy groups -OCH3 is 1. The van der Waals surface area contributed by atoms with Gasteiger partial charge in [-0.2, -0.15) is 13.2 Å². The number of ketones is 1. The number of halogens is 3. The Kier molecular flexibility index (Phi) is 6.82. The molecule has 3 aromatic carbocycles. The number of hydrogen-bond acceptors (Lipinski definition) is 4. The molecule has 1 atom stereocenters. The van der Waals surface area contributed by atoms with Gasteiger partial charge in [-0.3, -0.25) is 9.59 Å². The van der Waals surface area contributed by atoms with Crippen LogP contribution in [0.15, 0.2) is 89.7 Å². The zero-order valence-corrected chi connectivity index (χ0v) is 18.7. The highest BCUT2D eigenvalue weighted by molar-refractivity contribution is 5.95. The maximum atomic E-state index is 13.3. The van der Waals surface area contributed by atoms with Crippen molar-refractivity contribution >= 4 is 5.78 Å². The second-order valence-electron chi connectivity index (χ2n) is 7.92. The third-order valence-corrected chi connectivity index (χ3v) is 5.62. The van der Waals surface area contributed by atoms with Crippen LogP contribution in [-0.4, -0.2) is 22.9 Å². The molecule has 1 aromatic heterocycles. The highest BCUT2D eigenvalue weighted by Gasteiger charge is 2.30. The molecule has 0 saturated heterocycles. The lowest BCUT2D eigenvalue weighted by atomic mass is 9.86. The van der Waals surface area contributed by atoms with Crippen LogP contribution in [-0.2, 0) is 6.18 Å². The van der Waals surface area contributed by atoms with Crippen LogP contribution in [0.1, 0.15) is 39.5 Å². The lowest BCUT2D eigenvalue weighted by Crippen LogP contribution is -2.16. The minimum absolute atomic E-state index is 0.0157. The molecule has 5 nitrogen and oxygen atoms in total. The zero-order chi connectivity index (χ0) is 25.0. The van der Waals surface area contributed by atoms with E-state index in [9.17, 15) is 22.8 Å². The number of nitrogens with one attached hydrogen (secondary N) is 1. The molecule has 0 aliphatic rings. The van der Waals surface area contributed by atoms with E-state index in [-0.39, 0.29) is 17.9 Å². The number of H-pyrrole nitrogens is 1. The van der Waals surface area contributed by atoms with Gasteiger partial charge in [0.15, 0.2) is 5.78 Å². The number of ether oxygens (including phenoxy) is 1. The minimum Gasteiger partial charge on any atom is -0.497 e. The molecule has 178 valence electrons. The number of benzene rings is 3. The second kappa shape index (κ2) is 9.97. The molecular weight excluding hydrogens is 457 g/mol. The van der Waals surface area contributed by atoms with E-state index in [4.69, 9.17) is 4.74 Å². The molecule has 0 amide bonds. The van der Waals surface area contributed by atoms with E-state index in [1.165, 1.54) is 19.2 Å². The summed E-state index contributed by atoms with van der Waals surface area (Å²) in [6.07, 6.45) is -4.56. The van der Waals surface area contributed by atoms with Gasteiger partial charge in [0.25, 0.3) is 5.56 Å². The van der Waals surface area contributed by atoms with Crippen LogP contribution in [0.5, 0.6) is 5.75 Å². The summed E-state index contributed by atoms with van der Waals surface area (Å²) in [5.41, 5.74) is 0.631. The lowest BCUT2D eigenvalue weighted by Gasteiger charge is -2.19. The average molecular weight is 478 g/mol. The smallest absolute Gasteiger partial charge is 0.416 e. The van der Waals surface area contributed by atoms with Crippen molar-refractivity contribution in [3.63, 3.8) is 0 Å². The van der Waals surface area contributed by atoms with Crippen LogP contribution < -0.4 is 10.3 Å². The third-order valence-electron chi connectivity index (χ3n) is 5.62. The van der Waals surface area contributed by atoms with Gasteiger partial charge in [-0.15, -0.1) is 0 Å². The summed E-state index contributed by atoms with van der Waals surface area (Å²) in [6.45, 7) is 0. The molecule has 0 bridgehead atoms. The first-order chi connectivity index (χ1) is 16.7. The van der Waals surface area contributed by atoms with Crippen molar-refractivity contribution < 1.29 is 22.7 Å². The molecule has 0 aliphatic heterocycles. The molecule has 8 heteroatoms. The van der Waals surface area contributed by atoms with E-state index in [0.717, 1.165) is 18.2 Å². The molecule has 4 rings (SSSR count). The van der Waals surface area contributed by atoms with Crippen molar-refractivity contribution in [1.29, 1.82) is 0 Å². The highest BCUT2D eigenvalue weighted by atomic mass is 19.4. The maximum absolute atomic E-state index is 13.3. The summed E-state index contributed by atoms with van der Waals surface area (Å²) in [4.78, 5) is 32.5. The standard InChI is InChI=1S/C27H21F3N2O3/c1-35-21-13-9-18(10-14-21)22(17-7-11-20(12-8-17)27(28,29)30)15-24(33)23-16-25(34)32-26(31-23)19-5-3-2-4-6-19/h2-14,16,22H,15H2,1H3,(H,31,32,34). The topological polar surface area (TPSA) is 72.1 Å². The normalized spacial score (nSPS) is 12.2. The number of alkyl halides is 3. The van der Waals surface area contributed by atoms with Gasteiger partial charge in [-0.1, -0.05) is 54.6 Å². The molecule has 1 unspecified atom stereocenters. The Morgan fingerprint density at radius 1 is 0.943 bits per heavy atom. The Morgan fingerprint density at radius 2 is 1.54 bits per heavy atom. The van der Waals surface area contributed by atoms with Crippen molar-refractivity contribution in [3.05, 3.63) is 118 Å². The molecule has 0 fully saturated rings. The van der Waals surface area contributed by atoms with Crippen LogP contribution in [0.25, 0.3) is 11.4 Å². The predicted octanol–water partition coefficient (Wildman–Crippen LogP) is 5.87. The van der Waals surface area contributed by atoms with Gasteiger partial charge in [0.05, 0.1) is 12.7 Å². The fourth-order valence-electron chi connectivity index (χ4n) is 3.79. The number of aromatic nitrogens is 2. The molecule has 35 heavy (non-hydrogen) atoms. The molecule has 0 spiro atoms. The fourth-order valence-corrected chi connectivity index (χ4v) is 3.79. The Hall–Kier alpha value is -4.20. The van der Waals surface area contributed by atoms with Crippen LogP contribution in [0, 0.1) is 0 Å². The lowest BCUT2D eigenvalue weighted by molar-refractivity contribution is -0.137. The fraction of sp³-hybridized carbons (Fsp3) is 0.148. The van der Waals surface area contributed by atoms with Gasteiger partial charge in [-0.05, 0) is 35.4 Å². The molecule has 4 aromatic rings. The number of aromatic amines is 1. The maximum Gasteiger partial charge on any atom is 0.416 e. The van der Waals surface area contributed by atoms with Crippen LogP contribution in [0.2, 0.25) is 0 Å². The second-order valence-corrected chi connectivity index (χ2v) is 7.92. The van der Waals surface area contributed by atoms with Crippen molar-refractivity contribution in [1.82, 2.24) is 9.97 Å². The summed E-state index contributed by atoms with van der Waals surface area (Å²) in [7, 11) is 1.52. The molecule has 0 aliphatic carbocycles. The van der Waals surface area contributed by atoms with Crippen molar-refractivity contribution in [3.8, 4) is 17.1 Å². The summed E-state index contributed by atoms with van der Waals surface area (Å²) in [6, 6.07) is 21.7. The first kappa shape index (κ1) is 23.9. The number of hydrogen-bond donors (Lipinski definition) is 1. The van der Waals surface area contributed by atoms with E-state index in [1.807, 2.05) is 6.07 Å². The SMILES string of the molecule is COc1ccc(C(CC(=O)c2cc(=O)[nH]c(-c3ccccc3)n2)c2ccc(C(F)(F)F)cc2)cc1. The van der Waals surface area contributed by atoms with Gasteiger partial charge >= 0.3 is 6.18 Å². The van der Waals surface area contributed by atoms with Crippen LogP contribution >= 0.6 is 0 Å². The van der Waals surface area contributed by atoms with E-state index >= 15 is 0 Å². The summed E-state index contributed by atoms with van der Waals surface area (Å²) < 4.78 is 44.4. The van der Waals surface area contributed by atoms with Gasteiger partial charge in [-0.25, -0.2) is 4.98 Å². The third kappa shape index (κ3) is 5.66. The van der Waals surface area contributed by atoms with E-state index < -0.39 is 29.0 Å². The van der Waals surface area contributed by atoms with Gasteiger partial charge in [0, 0.05) is 24.0 Å². The highest BCUT2D eigenvalue weighted by Crippen LogP contribution is 2.34. The number of nitrogens with zero attached hydrogens (tertiary/aromatic N) is 1. The first-order valence-electron chi connectivity index (χ1n) is 10.8. The van der Waals surface area contributed by atoms with Crippen molar-refractivity contribution in [2.24, 2.45) is 0 Å². The largest absolute Gasteiger partial charge is 0.497 e. The zero-order valence-electron chi connectivity index (χ0n) is 18.7. The monoisotopic (exact) mass is 478 g/mol. The Morgan fingerprint density at radius 3 is 2.11 bits per heavy atom. The predicted molar refractivity (Wildman–Crippen MR) is 126 cm³/mol. The Bertz CT molecular complexity index is 1360. The van der Waals surface area contributed by atoms with Gasteiger partial charge < -0.3 is 9.72 Å². The Labute approximate surface area is 199 Å². The van der Waals surface area contributed by atoms with Crippen molar-refractivity contribution in [2.45, 2.75) is 18.5 Å². The van der Waals surface area contributed by atoms with Crippen LogP contribution in [0.4, 0.5) is 13.2 Å². The quantitative estimate of drug-likeness (QED) is 0.337. The molecule has 1 N–H and O–H groups in total. The van der Waals surface area contributed by atoms with E-state index in [2.05, 4.69) is 9.97 Å². The summed E-state index contributed by atoms with van der Waals surface area (Å²) in [5.74, 6) is -0.0991. The average Bonchev–Trinajstić information content (AvgIpc) is 2.87. The molecule has 0 radical (unpaired) electrons. The minimum atomic E-state index is -4.47. The number of carbonyl (C=O) groups is 1. The number of rotatable bonds is 7. The van der Waals surface area contributed by atoms with Crippen molar-refractivity contribution in [2.75, 3.05) is 7.11 Å².